The number of hydroxylamine groups is 1. The van der Waals surface area contributed by atoms with Gasteiger partial charge in [0.25, 0.3) is 5.91 Å². The Labute approximate surface area is 176 Å². The van der Waals surface area contributed by atoms with Crippen molar-refractivity contribution in [1.29, 1.82) is 0 Å². The number of hydrogen-bond donors (Lipinski definition) is 1. The molecule has 0 bridgehead atoms. The third-order valence-corrected chi connectivity index (χ3v) is 4.96. The number of unbranched alkanes of at least 4 members (excludes halogenated alkanes) is 2. The molecule has 0 saturated heterocycles. The molecule has 30 heavy (non-hydrogen) atoms. The van der Waals surface area contributed by atoms with Gasteiger partial charge in [0.1, 0.15) is 5.82 Å². The first-order chi connectivity index (χ1) is 14.8. The molecule has 1 aromatic heterocycles. The lowest BCUT2D eigenvalue weighted by Crippen LogP contribution is -2.26. The molecule has 0 fully saturated rings. The summed E-state index contributed by atoms with van der Waals surface area (Å²) >= 11 is 0. The number of benzene rings is 3. The van der Waals surface area contributed by atoms with Crippen LogP contribution in [0.2, 0.25) is 0 Å². The lowest BCUT2D eigenvalue weighted by Gasteiger charge is -2.10. The van der Waals surface area contributed by atoms with Crippen molar-refractivity contribution in [2.45, 2.75) is 32.6 Å². The fourth-order valence-corrected chi connectivity index (χ4v) is 3.44. The summed E-state index contributed by atoms with van der Waals surface area (Å²) in [6, 6.07) is 25.9. The molecule has 0 aliphatic heterocycles. The fraction of sp³-hybridized carbons (Fsp3) is 0.200. The molecule has 0 saturated carbocycles. The summed E-state index contributed by atoms with van der Waals surface area (Å²) in [5, 5.41) is 0. The third-order valence-electron chi connectivity index (χ3n) is 4.96. The van der Waals surface area contributed by atoms with Gasteiger partial charge < -0.3 is 4.84 Å². The van der Waals surface area contributed by atoms with Crippen molar-refractivity contribution in [1.82, 2.24) is 15.0 Å². The van der Waals surface area contributed by atoms with Crippen LogP contribution >= 0.6 is 0 Å². The summed E-state index contributed by atoms with van der Waals surface area (Å²) < 4.78 is 2.11. The van der Waals surface area contributed by atoms with Crippen LogP contribution in [-0.4, -0.2) is 15.5 Å². The first-order valence-electron chi connectivity index (χ1n) is 10.4. The highest BCUT2D eigenvalue weighted by atomic mass is 16.7. The van der Waals surface area contributed by atoms with Gasteiger partial charge in [0.2, 0.25) is 0 Å². The Kier molecular flexibility index (Phi) is 6.09. The lowest BCUT2D eigenvalue weighted by molar-refractivity contribution is -0.127. The number of fused-ring (bicyclic) bond motifs is 1. The van der Waals surface area contributed by atoms with Crippen molar-refractivity contribution in [2.75, 3.05) is 0 Å². The van der Waals surface area contributed by atoms with Crippen molar-refractivity contribution in [3.05, 3.63) is 78.9 Å². The van der Waals surface area contributed by atoms with Crippen LogP contribution in [0.15, 0.2) is 78.9 Å². The topological polar surface area (TPSA) is 56.1 Å². The molecule has 3 aromatic carbocycles. The predicted octanol–water partition coefficient (Wildman–Crippen LogP) is 5.68. The number of rotatable bonds is 8. The molecule has 0 aliphatic carbocycles. The quantitative estimate of drug-likeness (QED) is 0.306. The molecule has 1 heterocycles. The van der Waals surface area contributed by atoms with E-state index >= 15 is 0 Å². The van der Waals surface area contributed by atoms with Gasteiger partial charge in [-0.25, -0.2) is 4.98 Å². The highest BCUT2D eigenvalue weighted by Gasteiger charge is 2.15. The number of nitrogens with zero attached hydrogens (tertiary/aromatic N) is 2. The zero-order valence-electron chi connectivity index (χ0n) is 17.0. The third kappa shape index (κ3) is 4.35. The molecule has 0 spiro atoms. The minimum atomic E-state index is -0.106. The Bertz CT molecular complexity index is 1120. The van der Waals surface area contributed by atoms with E-state index in [1.54, 1.807) is 0 Å². The van der Waals surface area contributed by atoms with Crippen molar-refractivity contribution in [3.63, 3.8) is 0 Å². The van der Waals surface area contributed by atoms with E-state index in [1.807, 2.05) is 54.6 Å². The fourth-order valence-electron chi connectivity index (χ4n) is 3.44. The van der Waals surface area contributed by atoms with E-state index in [0.29, 0.717) is 12.2 Å². The molecule has 4 aromatic rings. The van der Waals surface area contributed by atoms with E-state index < -0.39 is 0 Å². The minimum Gasteiger partial charge on any atom is -0.379 e. The standard InChI is InChI=1S/C25H25N3O2/c1-2-3-6-15-24(29)27-30-21-16-17-22-23(18-21)28(20-13-9-5-10-14-20)25(26-22)19-11-7-4-8-12-19/h4-5,7-14,16-18H,2-3,6,15H2,1H3,(H,27,29). The first kappa shape index (κ1) is 19.7. The highest BCUT2D eigenvalue weighted by Crippen LogP contribution is 2.30. The Morgan fingerprint density at radius 2 is 1.70 bits per heavy atom. The molecule has 1 N–H and O–H groups in total. The molecule has 0 atom stereocenters. The molecule has 152 valence electrons. The van der Waals surface area contributed by atoms with Gasteiger partial charge in [0, 0.05) is 23.7 Å². The second-order valence-electron chi connectivity index (χ2n) is 7.21. The molecule has 5 heteroatoms. The van der Waals surface area contributed by atoms with Gasteiger partial charge in [-0.15, -0.1) is 0 Å². The van der Waals surface area contributed by atoms with Crippen molar-refractivity contribution < 1.29 is 9.63 Å². The smallest absolute Gasteiger partial charge is 0.252 e. The highest BCUT2D eigenvalue weighted by molar-refractivity contribution is 5.84. The van der Waals surface area contributed by atoms with E-state index in [1.165, 1.54) is 0 Å². The Hall–Kier alpha value is -3.60. The van der Waals surface area contributed by atoms with Crippen molar-refractivity contribution in [2.24, 2.45) is 0 Å². The number of hydrogen-bond acceptors (Lipinski definition) is 3. The maximum absolute atomic E-state index is 12.0. The van der Waals surface area contributed by atoms with E-state index in [9.17, 15) is 4.79 Å². The average molecular weight is 399 g/mol. The van der Waals surface area contributed by atoms with E-state index in [0.717, 1.165) is 47.4 Å². The van der Waals surface area contributed by atoms with Gasteiger partial charge in [-0.3, -0.25) is 9.36 Å². The van der Waals surface area contributed by atoms with E-state index in [-0.39, 0.29) is 5.91 Å². The first-order valence-corrected chi connectivity index (χ1v) is 10.4. The molecular weight excluding hydrogens is 374 g/mol. The Balaban J connectivity index is 1.68. The zero-order valence-corrected chi connectivity index (χ0v) is 17.0. The lowest BCUT2D eigenvalue weighted by atomic mass is 10.2. The van der Waals surface area contributed by atoms with Gasteiger partial charge in [0.15, 0.2) is 5.75 Å². The Morgan fingerprint density at radius 1 is 0.967 bits per heavy atom. The van der Waals surface area contributed by atoms with Crippen LogP contribution in [-0.2, 0) is 4.79 Å². The second-order valence-corrected chi connectivity index (χ2v) is 7.21. The van der Waals surface area contributed by atoms with Crippen LogP contribution in [0, 0.1) is 0 Å². The number of carbonyl (C=O) groups excluding carboxylic acids is 1. The summed E-state index contributed by atoms with van der Waals surface area (Å²) in [6.45, 7) is 2.11. The summed E-state index contributed by atoms with van der Waals surface area (Å²) in [6.07, 6.45) is 3.46. The number of amides is 1. The maximum Gasteiger partial charge on any atom is 0.252 e. The largest absolute Gasteiger partial charge is 0.379 e. The van der Waals surface area contributed by atoms with Gasteiger partial charge in [-0.1, -0.05) is 68.3 Å². The van der Waals surface area contributed by atoms with Crippen LogP contribution in [0.1, 0.15) is 32.6 Å². The molecule has 4 rings (SSSR count). The summed E-state index contributed by atoms with van der Waals surface area (Å²) in [5.41, 5.74) is 6.37. The maximum atomic E-state index is 12.0. The zero-order chi connectivity index (χ0) is 20.8. The molecular formula is C25H25N3O2. The molecule has 5 nitrogen and oxygen atoms in total. The molecule has 0 unspecified atom stereocenters. The van der Waals surface area contributed by atoms with Gasteiger partial charge >= 0.3 is 0 Å². The number of para-hydroxylation sites is 1. The van der Waals surface area contributed by atoms with Crippen LogP contribution in [0.25, 0.3) is 28.1 Å². The summed E-state index contributed by atoms with van der Waals surface area (Å²) in [5.74, 6) is 1.32. The van der Waals surface area contributed by atoms with Crippen molar-refractivity contribution >= 4 is 16.9 Å². The summed E-state index contributed by atoms with van der Waals surface area (Å²) in [7, 11) is 0. The normalized spacial score (nSPS) is 10.8. The molecule has 1 amide bonds. The van der Waals surface area contributed by atoms with Crippen LogP contribution in [0.3, 0.4) is 0 Å². The molecule has 0 radical (unpaired) electrons. The number of imidazole rings is 1. The van der Waals surface area contributed by atoms with Crippen LogP contribution in [0.5, 0.6) is 5.75 Å². The number of aromatic nitrogens is 2. The van der Waals surface area contributed by atoms with E-state index in [4.69, 9.17) is 9.82 Å². The van der Waals surface area contributed by atoms with E-state index in [2.05, 4.69) is 41.2 Å². The second kappa shape index (κ2) is 9.27. The monoisotopic (exact) mass is 399 g/mol. The molecule has 0 aliphatic rings. The van der Waals surface area contributed by atoms with Crippen molar-refractivity contribution in [3.8, 4) is 22.8 Å². The predicted molar refractivity (Wildman–Crippen MR) is 119 cm³/mol. The minimum absolute atomic E-state index is 0.106. The Morgan fingerprint density at radius 3 is 2.43 bits per heavy atom. The average Bonchev–Trinajstić information content (AvgIpc) is 3.18. The summed E-state index contributed by atoms with van der Waals surface area (Å²) in [4.78, 5) is 22.4. The van der Waals surface area contributed by atoms with Crippen LogP contribution < -0.4 is 10.3 Å². The number of nitrogens with one attached hydrogen (secondary N) is 1. The van der Waals surface area contributed by atoms with Gasteiger partial charge in [-0.05, 0) is 30.7 Å². The number of carbonyl (C=O) groups is 1. The van der Waals surface area contributed by atoms with Gasteiger partial charge in [-0.2, -0.15) is 5.48 Å². The van der Waals surface area contributed by atoms with Crippen LogP contribution in [0.4, 0.5) is 0 Å². The SMILES string of the molecule is CCCCCC(=O)NOc1ccc2nc(-c3ccccc3)n(-c3ccccc3)c2c1. The van der Waals surface area contributed by atoms with Gasteiger partial charge in [0.05, 0.1) is 11.0 Å².